The molecule has 0 saturated carbocycles. The third-order valence-corrected chi connectivity index (χ3v) is 4.28. The summed E-state index contributed by atoms with van der Waals surface area (Å²) in [6.07, 6.45) is 4.47. The summed E-state index contributed by atoms with van der Waals surface area (Å²) in [6.45, 7) is 4.72. The molecule has 3 rings (SSSR count). The number of carbonyl (C=O) groups is 1. The van der Waals surface area contributed by atoms with Crippen LogP contribution in [0.3, 0.4) is 0 Å². The van der Waals surface area contributed by atoms with Gasteiger partial charge in [0.2, 0.25) is 0 Å². The highest BCUT2D eigenvalue weighted by Gasteiger charge is 2.24. The third-order valence-electron chi connectivity index (χ3n) is 4.28. The second-order valence-electron chi connectivity index (χ2n) is 5.95. The van der Waals surface area contributed by atoms with Gasteiger partial charge < -0.3 is 15.4 Å². The first kappa shape index (κ1) is 15.9. The number of piperidine rings is 1. The van der Waals surface area contributed by atoms with E-state index in [0.29, 0.717) is 37.5 Å². The maximum atomic E-state index is 12.6. The average molecular weight is 317 g/mol. The minimum absolute atomic E-state index is 0.0282. The molecule has 1 saturated heterocycles. The number of carbonyl (C=O) groups excluding carboxylic acids is 1. The van der Waals surface area contributed by atoms with Gasteiger partial charge in [0.25, 0.3) is 5.91 Å². The lowest BCUT2D eigenvalue weighted by molar-refractivity contribution is 0.00844. The largest absolute Gasteiger partial charge is 0.378 e. The minimum atomic E-state index is 0.0282. The molecule has 0 spiro atoms. The van der Waals surface area contributed by atoms with Gasteiger partial charge in [0.05, 0.1) is 11.7 Å². The van der Waals surface area contributed by atoms with Crippen molar-refractivity contribution in [3.63, 3.8) is 0 Å². The molecule has 2 aromatic rings. The maximum absolute atomic E-state index is 12.6. The number of nitrogens with zero attached hydrogens (tertiary/aromatic N) is 3. The molecule has 124 valence electrons. The Kier molecular flexibility index (Phi) is 4.88. The van der Waals surface area contributed by atoms with Crippen molar-refractivity contribution in [2.24, 2.45) is 5.73 Å². The second kappa shape index (κ2) is 7.06. The molecule has 2 aromatic heterocycles. The number of nitrogens with two attached hydrogens (primary N) is 1. The first-order chi connectivity index (χ1) is 11.2. The van der Waals surface area contributed by atoms with E-state index in [4.69, 9.17) is 10.5 Å². The summed E-state index contributed by atoms with van der Waals surface area (Å²) in [7, 11) is 0. The highest BCUT2D eigenvalue weighted by molar-refractivity contribution is 5.97. The lowest BCUT2D eigenvalue weighted by Gasteiger charge is -2.32. The standard InChI is InChI=1S/C16H23N5O2/c1-11-14-9-12(10-18-15(14)20-19-11)16(22)21-6-3-13(4-7-21)23-8-2-5-17/h9-10,13H,2-8,17H2,1H3,(H,18,19,20). The van der Waals surface area contributed by atoms with E-state index in [2.05, 4.69) is 15.2 Å². The molecule has 0 bridgehead atoms. The lowest BCUT2D eigenvalue weighted by Crippen LogP contribution is -2.41. The fourth-order valence-corrected chi connectivity index (χ4v) is 2.88. The zero-order valence-electron chi connectivity index (χ0n) is 13.4. The molecule has 0 aliphatic carbocycles. The van der Waals surface area contributed by atoms with Crippen LogP contribution in [0.1, 0.15) is 35.3 Å². The Bertz CT molecular complexity index is 676. The smallest absolute Gasteiger partial charge is 0.255 e. The van der Waals surface area contributed by atoms with Crippen molar-refractivity contribution in [2.45, 2.75) is 32.3 Å². The van der Waals surface area contributed by atoms with E-state index < -0.39 is 0 Å². The number of hydrogen-bond donors (Lipinski definition) is 2. The quantitative estimate of drug-likeness (QED) is 0.809. The SMILES string of the molecule is Cc1[nH]nc2ncc(C(=O)N3CCC(OCCCN)CC3)cc12. The third kappa shape index (κ3) is 3.51. The van der Waals surface area contributed by atoms with E-state index in [1.165, 1.54) is 0 Å². The number of hydrogen-bond acceptors (Lipinski definition) is 5. The summed E-state index contributed by atoms with van der Waals surface area (Å²) >= 11 is 0. The van der Waals surface area contributed by atoms with Crippen LogP contribution in [0.15, 0.2) is 12.3 Å². The number of pyridine rings is 1. The molecule has 7 heteroatoms. The molecule has 1 amide bonds. The first-order valence-electron chi connectivity index (χ1n) is 8.10. The van der Waals surface area contributed by atoms with Crippen molar-refractivity contribution in [1.82, 2.24) is 20.1 Å². The predicted molar refractivity (Wildman–Crippen MR) is 87.2 cm³/mol. The van der Waals surface area contributed by atoms with Crippen molar-refractivity contribution in [1.29, 1.82) is 0 Å². The number of aromatic amines is 1. The lowest BCUT2D eigenvalue weighted by atomic mass is 10.1. The molecule has 23 heavy (non-hydrogen) atoms. The van der Waals surface area contributed by atoms with E-state index in [1.807, 2.05) is 17.9 Å². The van der Waals surface area contributed by atoms with Crippen LogP contribution in [0.5, 0.6) is 0 Å². The van der Waals surface area contributed by atoms with Crippen molar-refractivity contribution < 1.29 is 9.53 Å². The predicted octanol–water partition coefficient (Wildman–Crippen LogP) is 1.24. The fourth-order valence-electron chi connectivity index (χ4n) is 2.88. The molecule has 0 aromatic carbocycles. The van der Waals surface area contributed by atoms with Crippen LogP contribution < -0.4 is 5.73 Å². The van der Waals surface area contributed by atoms with Crippen molar-refractivity contribution >= 4 is 16.9 Å². The van der Waals surface area contributed by atoms with Crippen molar-refractivity contribution in [2.75, 3.05) is 26.2 Å². The molecule has 7 nitrogen and oxygen atoms in total. The fraction of sp³-hybridized carbons (Fsp3) is 0.562. The number of H-pyrrole nitrogens is 1. The molecular weight excluding hydrogens is 294 g/mol. The number of amides is 1. The summed E-state index contributed by atoms with van der Waals surface area (Å²) in [4.78, 5) is 18.8. The van der Waals surface area contributed by atoms with Gasteiger partial charge in [-0.05, 0) is 38.8 Å². The van der Waals surface area contributed by atoms with Crippen LogP contribution >= 0.6 is 0 Å². The Labute approximate surface area is 135 Å². The van der Waals surface area contributed by atoms with Gasteiger partial charge in [0.15, 0.2) is 5.65 Å². The van der Waals surface area contributed by atoms with Gasteiger partial charge in [-0.15, -0.1) is 0 Å². The Morgan fingerprint density at radius 3 is 3.00 bits per heavy atom. The second-order valence-corrected chi connectivity index (χ2v) is 5.95. The normalized spacial score (nSPS) is 16.2. The summed E-state index contributed by atoms with van der Waals surface area (Å²) in [5, 5.41) is 7.88. The molecule has 3 heterocycles. The number of nitrogens with one attached hydrogen (secondary N) is 1. The highest BCUT2D eigenvalue weighted by Crippen LogP contribution is 2.19. The summed E-state index contributed by atoms with van der Waals surface area (Å²) in [6, 6.07) is 1.87. The highest BCUT2D eigenvalue weighted by atomic mass is 16.5. The van der Waals surface area contributed by atoms with Crippen LogP contribution in [-0.2, 0) is 4.74 Å². The molecular formula is C16H23N5O2. The zero-order valence-corrected chi connectivity index (χ0v) is 13.4. The Balaban J connectivity index is 1.61. The maximum Gasteiger partial charge on any atom is 0.255 e. The topological polar surface area (TPSA) is 97.1 Å². The molecule has 1 fully saturated rings. The Hall–Kier alpha value is -1.99. The van der Waals surface area contributed by atoms with Crippen LogP contribution in [0, 0.1) is 6.92 Å². The van der Waals surface area contributed by atoms with E-state index >= 15 is 0 Å². The number of aromatic nitrogens is 3. The monoisotopic (exact) mass is 317 g/mol. The Morgan fingerprint density at radius 2 is 2.26 bits per heavy atom. The van der Waals surface area contributed by atoms with E-state index in [9.17, 15) is 4.79 Å². The summed E-state index contributed by atoms with van der Waals surface area (Å²) in [5.41, 5.74) is 7.65. The van der Waals surface area contributed by atoms with Gasteiger partial charge >= 0.3 is 0 Å². The zero-order chi connectivity index (χ0) is 16.2. The summed E-state index contributed by atoms with van der Waals surface area (Å²) < 4.78 is 5.78. The van der Waals surface area contributed by atoms with Crippen molar-refractivity contribution in [3.8, 4) is 0 Å². The average Bonchev–Trinajstić information content (AvgIpc) is 2.96. The number of rotatable bonds is 5. The molecule has 0 atom stereocenters. The van der Waals surface area contributed by atoms with Crippen LogP contribution in [0.4, 0.5) is 0 Å². The molecule has 0 radical (unpaired) electrons. The first-order valence-corrected chi connectivity index (χ1v) is 8.10. The molecule has 1 aliphatic heterocycles. The summed E-state index contributed by atoms with van der Waals surface area (Å²) in [5.74, 6) is 0.0282. The number of aryl methyl sites for hydroxylation is 1. The van der Waals surface area contributed by atoms with E-state index in [1.54, 1.807) is 6.20 Å². The van der Waals surface area contributed by atoms with Gasteiger partial charge in [0.1, 0.15) is 0 Å². The van der Waals surface area contributed by atoms with Crippen LogP contribution in [-0.4, -0.2) is 58.3 Å². The van der Waals surface area contributed by atoms with Gasteiger partial charge in [0, 0.05) is 37.0 Å². The number of likely N-dealkylation sites (tertiary alicyclic amines) is 1. The number of ether oxygens (including phenoxy) is 1. The van der Waals surface area contributed by atoms with E-state index in [-0.39, 0.29) is 12.0 Å². The van der Waals surface area contributed by atoms with E-state index in [0.717, 1.165) is 30.3 Å². The van der Waals surface area contributed by atoms with Gasteiger partial charge in [-0.25, -0.2) is 4.98 Å². The van der Waals surface area contributed by atoms with Crippen LogP contribution in [0.25, 0.3) is 11.0 Å². The van der Waals surface area contributed by atoms with Gasteiger partial charge in [-0.3, -0.25) is 9.89 Å². The number of fused-ring (bicyclic) bond motifs is 1. The van der Waals surface area contributed by atoms with Gasteiger partial charge in [-0.2, -0.15) is 5.10 Å². The Morgan fingerprint density at radius 1 is 1.48 bits per heavy atom. The molecule has 0 unspecified atom stereocenters. The molecule has 3 N–H and O–H groups in total. The van der Waals surface area contributed by atoms with Crippen molar-refractivity contribution in [3.05, 3.63) is 23.5 Å². The molecule has 1 aliphatic rings. The van der Waals surface area contributed by atoms with Gasteiger partial charge in [-0.1, -0.05) is 0 Å². The minimum Gasteiger partial charge on any atom is -0.378 e. The van der Waals surface area contributed by atoms with Crippen LogP contribution in [0.2, 0.25) is 0 Å².